The highest BCUT2D eigenvalue weighted by Gasteiger charge is 2.36. The van der Waals surface area contributed by atoms with Crippen molar-refractivity contribution in [1.29, 1.82) is 0 Å². The van der Waals surface area contributed by atoms with Crippen molar-refractivity contribution in [3.05, 3.63) is 22.2 Å². The maximum Gasteiger partial charge on any atom is 0.179 e. The molecule has 2 N–H and O–H groups in total. The third-order valence-electron chi connectivity index (χ3n) is 3.43. The fourth-order valence-corrected chi connectivity index (χ4v) is 3.80. The summed E-state index contributed by atoms with van der Waals surface area (Å²) >= 11 is 3.35. The van der Waals surface area contributed by atoms with E-state index in [1.54, 1.807) is 6.07 Å². The van der Waals surface area contributed by atoms with E-state index in [1.807, 2.05) is 6.07 Å². The van der Waals surface area contributed by atoms with E-state index in [0.717, 1.165) is 24.8 Å². The van der Waals surface area contributed by atoms with Crippen LogP contribution in [0, 0.1) is 0 Å². The molecule has 0 bridgehead atoms. The van der Waals surface area contributed by atoms with Crippen LogP contribution in [-0.4, -0.2) is 21.8 Å². The zero-order valence-electron chi connectivity index (χ0n) is 10.4. The molecular formula is C12H16BrNO3S. The lowest BCUT2D eigenvalue weighted by molar-refractivity contribution is 0.252. The smallest absolute Gasteiger partial charge is 0.179 e. The molecule has 1 aliphatic rings. The third-order valence-corrected chi connectivity index (χ3v) is 5.13. The highest BCUT2D eigenvalue weighted by Crippen LogP contribution is 2.43. The molecule has 1 fully saturated rings. The van der Waals surface area contributed by atoms with Crippen molar-refractivity contribution < 1.29 is 13.2 Å². The van der Waals surface area contributed by atoms with E-state index in [4.69, 9.17) is 10.5 Å². The molecule has 1 aromatic carbocycles. The molecule has 100 valence electrons. The maximum atomic E-state index is 11.8. The Morgan fingerprint density at radius 1 is 1.39 bits per heavy atom. The largest absolute Gasteiger partial charge is 0.494 e. The molecule has 0 aliphatic heterocycles. The van der Waals surface area contributed by atoms with Crippen LogP contribution in [0.15, 0.2) is 21.5 Å². The predicted octanol–water partition coefficient (Wildman–Crippen LogP) is 2.20. The van der Waals surface area contributed by atoms with Gasteiger partial charge >= 0.3 is 0 Å². The Kier molecular flexibility index (Phi) is 3.46. The van der Waals surface area contributed by atoms with Gasteiger partial charge in [-0.05, 0) is 52.9 Å². The van der Waals surface area contributed by atoms with E-state index in [1.165, 1.54) is 13.4 Å². The van der Waals surface area contributed by atoms with E-state index < -0.39 is 15.4 Å². The summed E-state index contributed by atoms with van der Waals surface area (Å²) in [6.07, 6.45) is 4.02. The van der Waals surface area contributed by atoms with Gasteiger partial charge in [-0.25, -0.2) is 8.42 Å². The van der Waals surface area contributed by atoms with Gasteiger partial charge in [0.2, 0.25) is 0 Å². The molecule has 0 aromatic heterocycles. The molecule has 1 aliphatic carbocycles. The summed E-state index contributed by atoms with van der Waals surface area (Å²) in [5, 5.41) is 0. The second kappa shape index (κ2) is 4.51. The van der Waals surface area contributed by atoms with E-state index in [9.17, 15) is 8.42 Å². The number of ether oxygens (including phenoxy) is 1. The summed E-state index contributed by atoms with van der Waals surface area (Å²) < 4.78 is 29.4. The first kappa shape index (κ1) is 13.8. The molecule has 0 heterocycles. The van der Waals surface area contributed by atoms with Crippen LogP contribution in [0.25, 0.3) is 0 Å². The second-order valence-corrected chi connectivity index (χ2v) is 7.61. The number of methoxy groups -OCH3 is 1. The summed E-state index contributed by atoms with van der Waals surface area (Å²) in [5.74, 6) is 0.337. The van der Waals surface area contributed by atoms with Crippen molar-refractivity contribution in [2.45, 2.75) is 29.7 Å². The summed E-state index contributed by atoms with van der Waals surface area (Å²) in [7, 11) is -1.89. The van der Waals surface area contributed by atoms with Gasteiger partial charge in [-0.3, -0.25) is 0 Å². The number of hydrogen-bond acceptors (Lipinski definition) is 4. The van der Waals surface area contributed by atoms with Crippen LogP contribution in [0.1, 0.15) is 24.8 Å². The molecule has 2 rings (SSSR count). The van der Waals surface area contributed by atoms with Crippen LogP contribution in [0.4, 0.5) is 0 Å². The van der Waals surface area contributed by atoms with Crippen LogP contribution in [0.3, 0.4) is 0 Å². The first-order valence-corrected chi connectivity index (χ1v) is 8.33. The maximum absolute atomic E-state index is 11.8. The van der Waals surface area contributed by atoms with Crippen molar-refractivity contribution in [1.82, 2.24) is 0 Å². The van der Waals surface area contributed by atoms with Crippen LogP contribution in [0.2, 0.25) is 0 Å². The summed E-state index contributed by atoms with van der Waals surface area (Å²) in [6, 6.07) is 3.49. The van der Waals surface area contributed by atoms with Gasteiger partial charge in [0.05, 0.1) is 11.6 Å². The number of benzene rings is 1. The van der Waals surface area contributed by atoms with Crippen molar-refractivity contribution in [2.75, 3.05) is 13.4 Å². The molecule has 1 saturated carbocycles. The van der Waals surface area contributed by atoms with E-state index in [-0.39, 0.29) is 4.90 Å². The highest BCUT2D eigenvalue weighted by molar-refractivity contribution is 9.10. The Balaban J connectivity index is 2.64. The van der Waals surface area contributed by atoms with Crippen LogP contribution in [0.5, 0.6) is 5.75 Å². The monoisotopic (exact) mass is 333 g/mol. The number of halogens is 1. The van der Waals surface area contributed by atoms with E-state index in [2.05, 4.69) is 15.9 Å². The van der Waals surface area contributed by atoms with Crippen molar-refractivity contribution in [3.8, 4) is 5.75 Å². The van der Waals surface area contributed by atoms with E-state index >= 15 is 0 Å². The van der Waals surface area contributed by atoms with Gasteiger partial charge in [0.1, 0.15) is 4.90 Å². The third kappa shape index (κ3) is 2.29. The first-order valence-electron chi connectivity index (χ1n) is 5.65. The average molecular weight is 334 g/mol. The minimum atomic E-state index is -3.35. The lowest BCUT2D eigenvalue weighted by atomic mass is 9.73. The fraction of sp³-hybridized carbons (Fsp3) is 0.500. The molecule has 0 atom stereocenters. The Bertz CT molecular complexity index is 579. The zero-order chi connectivity index (χ0) is 13.6. The van der Waals surface area contributed by atoms with Gasteiger partial charge in [-0.15, -0.1) is 0 Å². The molecule has 18 heavy (non-hydrogen) atoms. The average Bonchev–Trinajstić information content (AvgIpc) is 2.23. The van der Waals surface area contributed by atoms with Gasteiger partial charge in [0.15, 0.2) is 15.6 Å². The highest BCUT2D eigenvalue weighted by atomic mass is 79.9. The minimum absolute atomic E-state index is 0.186. The van der Waals surface area contributed by atoms with Gasteiger partial charge < -0.3 is 10.5 Å². The first-order chi connectivity index (χ1) is 8.28. The Morgan fingerprint density at radius 3 is 2.39 bits per heavy atom. The lowest BCUT2D eigenvalue weighted by Gasteiger charge is -2.39. The normalized spacial score (nSPS) is 18.2. The SMILES string of the molecule is COc1c(Br)cc(C2(N)CCC2)cc1S(C)(=O)=O. The Hall–Kier alpha value is -0.590. The molecule has 4 nitrogen and oxygen atoms in total. The summed E-state index contributed by atoms with van der Waals surface area (Å²) in [5.41, 5.74) is 6.69. The van der Waals surface area contributed by atoms with Crippen molar-refractivity contribution >= 4 is 25.8 Å². The molecule has 1 aromatic rings. The molecule has 0 saturated heterocycles. The number of hydrogen-bond donors (Lipinski definition) is 1. The molecule has 0 radical (unpaired) electrons. The number of rotatable bonds is 3. The molecule has 0 unspecified atom stereocenters. The summed E-state index contributed by atoms with van der Waals surface area (Å²) in [4.78, 5) is 0.186. The van der Waals surface area contributed by atoms with Crippen LogP contribution in [-0.2, 0) is 15.4 Å². The van der Waals surface area contributed by atoms with Crippen LogP contribution >= 0.6 is 15.9 Å². The van der Waals surface area contributed by atoms with Gasteiger partial charge in [-0.1, -0.05) is 0 Å². The second-order valence-electron chi connectivity index (χ2n) is 4.77. The molecule has 0 spiro atoms. The quantitative estimate of drug-likeness (QED) is 0.920. The lowest BCUT2D eigenvalue weighted by Crippen LogP contribution is -2.43. The van der Waals surface area contributed by atoms with Gasteiger partial charge in [0.25, 0.3) is 0 Å². The number of nitrogens with two attached hydrogens (primary N) is 1. The van der Waals surface area contributed by atoms with E-state index in [0.29, 0.717) is 10.2 Å². The Labute approximate surface area is 116 Å². The van der Waals surface area contributed by atoms with Gasteiger partial charge in [0, 0.05) is 11.8 Å². The standard InChI is InChI=1S/C12H16BrNO3S/c1-17-11-9(13)6-8(12(14)4-3-5-12)7-10(11)18(2,15)16/h6-7H,3-5,14H2,1-2H3. The molecule has 0 amide bonds. The Morgan fingerprint density at radius 2 is 2.00 bits per heavy atom. The van der Waals surface area contributed by atoms with Crippen molar-refractivity contribution in [3.63, 3.8) is 0 Å². The van der Waals surface area contributed by atoms with Crippen molar-refractivity contribution in [2.24, 2.45) is 5.73 Å². The molecular weight excluding hydrogens is 318 g/mol. The molecule has 6 heteroatoms. The van der Waals surface area contributed by atoms with Gasteiger partial charge in [-0.2, -0.15) is 0 Å². The fourth-order valence-electron chi connectivity index (χ4n) is 2.18. The van der Waals surface area contributed by atoms with Crippen LogP contribution < -0.4 is 10.5 Å². The predicted molar refractivity (Wildman–Crippen MR) is 73.5 cm³/mol. The minimum Gasteiger partial charge on any atom is -0.494 e. The zero-order valence-corrected chi connectivity index (χ0v) is 12.8. The summed E-state index contributed by atoms with van der Waals surface area (Å²) in [6.45, 7) is 0. The topological polar surface area (TPSA) is 69.4 Å². The number of sulfone groups is 1.